The predicted molar refractivity (Wildman–Crippen MR) is 166 cm³/mol. The van der Waals surface area contributed by atoms with Gasteiger partial charge >= 0.3 is 0 Å². The Morgan fingerprint density at radius 3 is 2.33 bits per heavy atom. The number of anilines is 1. The molecule has 3 aromatic rings. The molecule has 1 aliphatic rings. The number of nitrogens with two attached hydrogens (primary N) is 1. The van der Waals surface area contributed by atoms with Crippen molar-refractivity contribution in [3.05, 3.63) is 85.2 Å². The lowest BCUT2D eigenvalue weighted by Gasteiger charge is -2.30. The number of thioether (sulfide) groups is 1. The summed E-state index contributed by atoms with van der Waals surface area (Å²) in [6, 6.07) is 14.5. The first kappa shape index (κ1) is 30.2. The van der Waals surface area contributed by atoms with Gasteiger partial charge < -0.3 is 11.1 Å². The van der Waals surface area contributed by atoms with Gasteiger partial charge in [-0.15, -0.1) is 10.2 Å². The van der Waals surface area contributed by atoms with E-state index < -0.39 is 0 Å². The third kappa shape index (κ3) is 8.39. The van der Waals surface area contributed by atoms with Crippen LogP contribution in [-0.4, -0.2) is 27.2 Å². The van der Waals surface area contributed by atoms with E-state index in [0.29, 0.717) is 15.2 Å². The van der Waals surface area contributed by atoms with Crippen LogP contribution in [0.2, 0.25) is 10.0 Å². The Bertz CT molecular complexity index is 1440. The van der Waals surface area contributed by atoms with Gasteiger partial charge in [-0.25, -0.2) is 0 Å². The third-order valence-corrected chi connectivity index (χ3v) is 9.63. The van der Waals surface area contributed by atoms with Crippen LogP contribution in [0, 0.1) is 5.92 Å². The molecule has 2 amide bonds. The first-order valence-electron chi connectivity index (χ1n) is 13.0. The van der Waals surface area contributed by atoms with Crippen LogP contribution in [0.25, 0.3) is 0 Å². The molecule has 0 saturated heterocycles. The van der Waals surface area contributed by atoms with E-state index in [2.05, 4.69) is 34.4 Å². The second kappa shape index (κ2) is 14.3. The van der Waals surface area contributed by atoms with Crippen molar-refractivity contribution in [1.82, 2.24) is 10.2 Å². The van der Waals surface area contributed by atoms with Gasteiger partial charge in [-0.3, -0.25) is 9.59 Å². The monoisotopic (exact) mass is 615 g/mol. The quantitative estimate of drug-likeness (QED) is 0.201. The van der Waals surface area contributed by atoms with Crippen molar-refractivity contribution < 1.29 is 9.59 Å². The van der Waals surface area contributed by atoms with Gasteiger partial charge in [0.1, 0.15) is 5.01 Å². The van der Waals surface area contributed by atoms with Gasteiger partial charge in [0.05, 0.1) is 12.8 Å². The summed E-state index contributed by atoms with van der Waals surface area (Å²) in [5.74, 6) is -0.0196. The average molecular weight is 617 g/mol. The number of nitrogens with one attached hydrogen (secondary N) is 1. The van der Waals surface area contributed by atoms with Crippen molar-refractivity contribution in [3.8, 4) is 0 Å². The number of hydrogen-bond donors (Lipinski definition) is 2. The molecule has 4 rings (SSSR count). The van der Waals surface area contributed by atoms with E-state index in [-0.39, 0.29) is 41.7 Å². The number of aromatic nitrogens is 2. The number of halogens is 2. The zero-order valence-corrected chi connectivity index (χ0v) is 25.5. The van der Waals surface area contributed by atoms with Crippen molar-refractivity contribution in [1.29, 1.82) is 0 Å². The Labute approximate surface area is 252 Å². The molecule has 11 heteroatoms. The van der Waals surface area contributed by atoms with Crippen molar-refractivity contribution in [2.75, 3.05) is 5.32 Å². The summed E-state index contributed by atoms with van der Waals surface area (Å²) in [6.45, 7) is 4.12. The van der Waals surface area contributed by atoms with Crippen LogP contribution < -0.4 is 11.1 Å². The highest BCUT2D eigenvalue weighted by Crippen LogP contribution is 2.44. The molecule has 2 unspecified atom stereocenters. The number of hydrogen-bond acceptors (Lipinski definition) is 6. The first-order valence-corrected chi connectivity index (χ1v) is 15.4. The topological polar surface area (TPSA) is 110 Å². The minimum atomic E-state index is -0.328. The Morgan fingerprint density at radius 2 is 1.68 bits per heavy atom. The average Bonchev–Trinajstić information content (AvgIpc) is 3.38. The number of aliphatic imine (C=N–C) groups is 1. The fraction of sp³-hybridized carbons (Fsp3) is 0.345. The maximum atomic E-state index is 12.5. The normalized spacial score (nSPS) is 17.4. The van der Waals surface area contributed by atoms with E-state index in [1.165, 1.54) is 23.1 Å². The van der Waals surface area contributed by atoms with Crippen molar-refractivity contribution >= 4 is 68.4 Å². The summed E-state index contributed by atoms with van der Waals surface area (Å²) in [5.41, 5.74) is 8.87. The largest absolute Gasteiger partial charge is 0.378 e. The summed E-state index contributed by atoms with van der Waals surface area (Å²) >= 11 is 15.2. The highest BCUT2D eigenvalue weighted by molar-refractivity contribution is 8.17. The fourth-order valence-electron chi connectivity index (χ4n) is 4.78. The predicted octanol–water partition coefficient (Wildman–Crippen LogP) is 7.41. The maximum absolute atomic E-state index is 12.5. The zero-order chi connectivity index (χ0) is 28.6. The molecule has 40 heavy (non-hydrogen) atoms. The van der Waals surface area contributed by atoms with E-state index in [0.717, 1.165) is 52.3 Å². The number of carbonyl (C=O) groups excluding carboxylic acids is 2. The second-order valence-corrected chi connectivity index (χ2v) is 12.8. The molecule has 0 aliphatic heterocycles. The van der Waals surface area contributed by atoms with Gasteiger partial charge in [0.25, 0.3) is 5.91 Å². The minimum Gasteiger partial charge on any atom is -0.378 e. The molecular weight excluding hydrogens is 585 g/mol. The standard InChI is InChI=1S/C29H31Cl2N5O2S2/c1-17(2)26(39-28(32)33-24(37)15-18-8-3-5-12-22(18)30)20-10-7-11-21(14-20)27-35-36-29(40-27)34-25(38)16-19-9-4-6-13-23(19)31/h3-6,8-9,12-13,20-21H,7,10-11,14-16H2,1-2H3,(H2,32,33,37)(H,34,36,38). The third-order valence-electron chi connectivity index (χ3n) is 6.63. The van der Waals surface area contributed by atoms with E-state index in [1.54, 1.807) is 12.1 Å². The highest BCUT2D eigenvalue weighted by atomic mass is 35.5. The van der Waals surface area contributed by atoms with Crippen molar-refractivity contribution in [2.24, 2.45) is 16.6 Å². The van der Waals surface area contributed by atoms with Gasteiger partial charge in [0.15, 0.2) is 5.17 Å². The SMILES string of the molecule is CC(C)=C(SC(N)=NC(=O)Cc1ccccc1Cl)C1CCCC(c2nnc(NC(=O)Cc3ccccc3Cl)s2)C1. The van der Waals surface area contributed by atoms with Crippen LogP contribution in [0.1, 0.15) is 61.6 Å². The summed E-state index contributed by atoms with van der Waals surface area (Å²) < 4.78 is 0. The molecule has 1 aliphatic carbocycles. The zero-order valence-electron chi connectivity index (χ0n) is 22.3. The summed E-state index contributed by atoms with van der Waals surface area (Å²) in [5, 5.41) is 14.2. The van der Waals surface area contributed by atoms with E-state index >= 15 is 0 Å². The molecule has 2 aromatic carbocycles. The molecule has 7 nitrogen and oxygen atoms in total. The maximum Gasteiger partial charge on any atom is 0.252 e. The lowest BCUT2D eigenvalue weighted by molar-refractivity contribution is -0.117. The van der Waals surface area contributed by atoms with Crippen LogP contribution in [0.5, 0.6) is 0 Å². The lowest BCUT2D eigenvalue weighted by atomic mass is 9.81. The fourth-order valence-corrected chi connectivity index (χ4v) is 7.05. The van der Waals surface area contributed by atoms with Crippen molar-refractivity contribution in [3.63, 3.8) is 0 Å². The molecule has 1 saturated carbocycles. The number of amides is 2. The number of benzene rings is 2. The molecule has 210 valence electrons. The van der Waals surface area contributed by atoms with E-state index in [4.69, 9.17) is 28.9 Å². The molecule has 0 radical (unpaired) electrons. The molecule has 1 aromatic heterocycles. The van der Waals surface area contributed by atoms with Gasteiger partial charge in [-0.2, -0.15) is 4.99 Å². The van der Waals surface area contributed by atoms with Crippen LogP contribution in [-0.2, 0) is 22.4 Å². The van der Waals surface area contributed by atoms with Crippen LogP contribution in [0.15, 0.2) is 64.0 Å². The molecular formula is C29H31Cl2N5O2S2. The van der Waals surface area contributed by atoms with Crippen LogP contribution in [0.3, 0.4) is 0 Å². The van der Waals surface area contributed by atoms with Gasteiger partial charge in [-0.1, -0.05) is 94.7 Å². The molecule has 3 N–H and O–H groups in total. The van der Waals surface area contributed by atoms with Crippen molar-refractivity contribution in [2.45, 2.75) is 58.3 Å². The van der Waals surface area contributed by atoms with Crippen LogP contribution in [0.4, 0.5) is 5.13 Å². The Morgan fingerprint density at radius 1 is 1.02 bits per heavy atom. The number of amidine groups is 1. The van der Waals surface area contributed by atoms with E-state index in [9.17, 15) is 9.59 Å². The smallest absolute Gasteiger partial charge is 0.252 e. The number of nitrogens with zero attached hydrogens (tertiary/aromatic N) is 3. The minimum absolute atomic E-state index is 0.102. The summed E-state index contributed by atoms with van der Waals surface area (Å²) in [6.07, 6.45) is 4.21. The molecule has 2 atom stereocenters. The first-order chi connectivity index (χ1) is 19.2. The van der Waals surface area contributed by atoms with Gasteiger partial charge in [0.2, 0.25) is 11.0 Å². The van der Waals surface area contributed by atoms with Crippen LogP contribution >= 0.6 is 46.3 Å². The molecule has 0 bridgehead atoms. The molecule has 0 spiro atoms. The Kier molecular flexibility index (Phi) is 10.8. The second-order valence-electron chi connectivity index (χ2n) is 9.90. The Balaban J connectivity index is 1.37. The Hall–Kier alpha value is -2.72. The van der Waals surface area contributed by atoms with Gasteiger partial charge in [0, 0.05) is 16.0 Å². The molecule has 1 fully saturated rings. The summed E-state index contributed by atoms with van der Waals surface area (Å²) in [4.78, 5) is 30.3. The van der Waals surface area contributed by atoms with E-state index in [1.807, 2.05) is 36.4 Å². The summed E-state index contributed by atoms with van der Waals surface area (Å²) in [7, 11) is 0. The highest BCUT2D eigenvalue weighted by Gasteiger charge is 2.29. The lowest BCUT2D eigenvalue weighted by Crippen LogP contribution is -2.19. The molecule has 1 heterocycles. The van der Waals surface area contributed by atoms with Gasteiger partial charge in [-0.05, 0) is 67.2 Å². The number of carbonyl (C=O) groups is 2. The number of allylic oxidation sites excluding steroid dienone is 2. The number of rotatable bonds is 8.